The van der Waals surface area contributed by atoms with Crippen LogP contribution in [0.1, 0.15) is 19.4 Å². The van der Waals surface area contributed by atoms with Crippen molar-refractivity contribution < 1.29 is 13.2 Å². The number of carbonyl (C=O) groups is 1. The number of aromatic nitrogens is 1. The van der Waals surface area contributed by atoms with Gasteiger partial charge in [0.2, 0.25) is 15.9 Å². The van der Waals surface area contributed by atoms with Crippen molar-refractivity contribution in [2.75, 3.05) is 10.6 Å². The molecule has 0 fully saturated rings. The van der Waals surface area contributed by atoms with E-state index in [-0.39, 0.29) is 23.3 Å². The van der Waals surface area contributed by atoms with Gasteiger partial charge in [0.05, 0.1) is 11.3 Å². The summed E-state index contributed by atoms with van der Waals surface area (Å²) in [6.07, 6.45) is 1.59. The number of benzene rings is 2. The Balaban J connectivity index is 1.96. The number of fused-ring (bicyclic) bond motifs is 1. The van der Waals surface area contributed by atoms with Gasteiger partial charge < -0.3 is 10.6 Å². The van der Waals surface area contributed by atoms with Crippen LogP contribution in [-0.2, 0) is 21.2 Å². The molecule has 3 rings (SSSR count). The van der Waals surface area contributed by atoms with E-state index in [1.807, 2.05) is 13.8 Å². The second-order valence-corrected chi connectivity index (χ2v) is 8.86. The van der Waals surface area contributed by atoms with Crippen molar-refractivity contribution in [1.82, 2.24) is 4.98 Å². The third-order valence-electron chi connectivity index (χ3n) is 4.13. The van der Waals surface area contributed by atoms with Gasteiger partial charge >= 0.3 is 0 Å². The minimum absolute atomic E-state index is 0.0535. The molecule has 0 spiro atoms. The zero-order chi connectivity index (χ0) is 21.2. The Bertz CT molecular complexity index is 1180. The molecule has 0 bridgehead atoms. The van der Waals surface area contributed by atoms with Crippen LogP contribution in [0.25, 0.3) is 10.8 Å². The number of sulfonamides is 1. The Morgan fingerprint density at radius 1 is 1.21 bits per heavy atom. The minimum Gasteiger partial charge on any atom is -0.368 e. The molecule has 1 aromatic heterocycles. The highest BCUT2D eigenvalue weighted by molar-refractivity contribution is 7.89. The highest BCUT2D eigenvalue weighted by Crippen LogP contribution is 2.28. The first kappa shape index (κ1) is 21.0. The van der Waals surface area contributed by atoms with Crippen LogP contribution < -0.4 is 15.8 Å². The summed E-state index contributed by atoms with van der Waals surface area (Å²) in [5, 5.41) is 12.7. The monoisotopic (exact) mass is 432 g/mol. The predicted molar refractivity (Wildman–Crippen MR) is 116 cm³/mol. The molecule has 9 heteroatoms. The Kier molecular flexibility index (Phi) is 6.07. The molecular formula is C20H21ClN4O3S. The second kappa shape index (κ2) is 8.36. The van der Waals surface area contributed by atoms with E-state index < -0.39 is 10.0 Å². The summed E-state index contributed by atoms with van der Waals surface area (Å²) >= 11 is 6.10. The zero-order valence-corrected chi connectivity index (χ0v) is 17.5. The standard InChI is InChI=1S/C20H21ClN4O3S/c1-12(2)24-19-10-16-14(11-23-19)7-15(9-18(16)29(22,27)28)25-20(26)8-13-5-3-4-6-17(13)21/h3-7,9-12H,8H2,1-2H3,(H,23,24)(H,25,26)(H2,22,27,28). The van der Waals surface area contributed by atoms with E-state index in [2.05, 4.69) is 15.6 Å². The lowest BCUT2D eigenvalue weighted by molar-refractivity contribution is -0.115. The van der Waals surface area contributed by atoms with Gasteiger partial charge in [0.15, 0.2) is 0 Å². The molecule has 0 unspecified atom stereocenters. The summed E-state index contributed by atoms with van der Waals surface area (Å²) in [7, 11) is -4.03. The van der Waals surface area contributed by atoms with Crippen molar-refractivity contribution in [1.29, 1.82) is 0 Å². The number of nitrogens with one attached hydrogen (secondary N) is 2. The van der Waals surface area contributed by atoms with Gasteiger partial charge in [-0.25, -0.2) is 18.5 Å². The molecule has 0 aliphatic carbocycles. The van der Waals surface area contributed by atoms with Gasteiger partial charge in [-0.2, -0.15) is 0 Å². The number of nitrogens with zero attached hydrogens (tertiary/aromatic N) is 1. The lowest BCUT2D eigenvalue weighted by Gasteiger charge is -2.13. The summed E-state index contributed by atoms with van der Waals surface area (Å²) < 4.78 is 24.3. The van der Waals surface area contributed by atoms with Crippen LogP contribution in [0, 0.1) is 0 Å². The number of amides is 1. The van der Waals surface area contributed by atoms with E-state index in [1.165, 1.54) is 6.07 Å². The van der Waals surface area contributed by atoms with Crippen LogP contribution in [0.4, 0.5) is 11.5 Å². The Hall–Kier alpha value is -2.68. The number of halogens is 1. The summed E-state index contributed by atoms with van der Waals surface area (Å²) in [5.74, 6) is 0.205. The number of pyridine rings is 1. The van der Waals surface area contributed by atoms with Crippen molar-refractivity contribution in [2.24, 2.45) is 5.14 Å². The van der Waals surface area contributed by atoms with E-state index in [9.17, 15) is 13.2 Å². The number of anilines is 2. The van der Waals surface area contributed by atoms with Gasteiger partial charge in [-0.3, -0.25) is 4.79 Å². The van der Waals surface area contributed by atoms with Crippen molar-refractivity contribution in [3.8, 4) is 0 Å². The van der Waals surface area contributed by atoms with Gasteiger partial charge in [-0.1, -0.05) is 29.8 Å². The van der Waals surface area contributed by atoms with E-state index in [0.29, 0.717) is 32.9 Å². The third kappa shape index (κ3) is 5.23. The SMILES string of the molecule is CC(C)Nc1cc2c(S(N)(=O)=O)cc(NC(=O)Cc3ccccc3Cl)cc2cn1. The molecule has 1 heterocycles. The maximum absolute atomic E-state index is 12.4. The van der Waals surface area contributed by atoms with E-state index >= 15 is 0 Å². The molecule has 4 N–H and O–H groups in total. The second-order valence-electron chi connectivity index (χ2n) is 6.93. The van der Waals surface area contributed by atoms with Crippen molar-refractivity contribution >= 4 is 49.8 Å². The van der Waals surface area contributed by atoms with Gasteiger partial charge in [0, 0.05) is 33.7 Å². The average Bonchev–Trinajstić information content (AvgIpc) is 2.62. The van der Waals surface area contributed by atoms with E-state index in [4.69, 9.17) is 16.7 Å². The normalized spacial score (nSPS) is 11.6. The van der Waals surface area contributed by atoms with Crippen molar-refractivity contribution in [3.05, 3.63) is 59.2 Å². The van der Waals surface area contributed by atoms with Crippen LogP contribution in [-0.4, -0.2) is 25.4 Å². The Morgan fingerprint density at radius 2 is 1.93 bits per heavy atom. The Labute approximate surface area is 174 Å². The van der Waals surface area contributed by atoms with Crippen LogP contribution in [0.5, 0.6) is 0 Å². The molecule has 1 amide bonds. The summed E-state index contributed by atoms with van der Waals surface area (Å²) in [6.45, 7) is 3.90. The summed E-state index contributed by atoms with van der Waals surface area (Å²) in [5.41, 5.74) is 0.982. The molecule has 0 radical (unpaired) electrons. The van der Waals surface area contributed by atoms with Crippen LogP contribution in [0.3, 0.4) is 0 Å². The fourth-order valence-corrected chi connectivity index (χ4v) is 3.90. The van der Waals surface area contributed by atoms with Gasteiger partial charge in [-0.15, -0.1) is 0 Å². The lowest BCUT2D eigenvalue weighted by Crippen LogP contribution is -2.17. The highest BCUT2D eigenvalue weighted by atomic mass is 35.5. The van der Waals surface area contributed by atoms with Gasteiger partial charge in [0.1, 0.15) is 5.82 Å². The third-order valence-corrected chi connectivity index (χ3v) is 5.45. The van der Waals surface area contributed by atoms with Gasteiger partial charge in [-0.05, 0) is 43.7 Å². The maximum Gasteiger partial charge on any atom is 0.238 e. The number of hydrogen-bond donors (Lipinski definition) is 3. The molecular weight excluding hydrogens is 412 g/mol. The fraction of sp³-hybridized carbons (Fsp3) is 0.200. The van der Waals surface area contributed by atoms with Crippen molar-refractivity contribution in [3.63, 3.8) is 0 Å². The molecule has 3 aromatic rings. The number of primary sulfonamides is 1. The predicted octanol–water partition coefficient (Wildman–Crippen LogP) is 3.54. The molecule has 2 aromatic carbocycles. The summed E-state index contributed by atoms with van der Waals surface area (Å²) in [4.78, 5) is 16.6. The number of hydrogen-bond acceptors (Lipinski definition) is 5. The van der Waals surface area contributed by atoms with Gasteiger partial charge in [0.25, 0.3) is 0 Å². The minimum atomic E-state index is -4.03. The summed E-state index contributed by atoms with van der Waals surface area (Å²) in [6, 6.07) is 11.8. The van der Waals surface area contributed by atoms with E-state index in [1.54, 1.807) is 42.6 Å². The zero-order valence-electron chi connectivity index (χ0n) is 15.9. The molecule has 29 heavy (non-hydrogen) atoms. The fourth-order valence-electron chi connectivity index (χ4n) is 2.92. The molecule has 0 saturated heterocycles. The largest absolute Gasteiger partial charge is 0.368 e. The molecule has 0 aliphatic heterocycles. The van der Waals surface area contributed by atoms with E-state index in [0.717, 1.165) is 0 Å². The van der Waals surface area contributed by atoms with Crippen molar-refractivity contribution in [2.45, 2.75) is 31.2 Å². The topological polar surface area (TPSA) is 114 Å². The van der Waals surface area contributed by atoms with Crippen LogP contribution in [0.2, 0.25) is 5.02 Å². The molecule has 7 nitrogen and oxygen atoms in total. The first-order valence-electron chi connectivity index (χ1n) is 8.90. The Morgan fingerprint density at radius 3 is 2.59 bits per heavy atom. The van der Waals surface area contributed by atoms with Crippen LogP contribution >= 0.6 is 11.6 Å². The molecule has 0 saturated carbocycles. The molecule has 0 atom stereocenters. The average molecular weight is 433 g/mol. The quantitative estimate of drug-likeness (QED) is 0.551. The molecule has 152 valence electrons. The lowest BCUT2D eigenvalue weighted by atomic mass is 10.1. The number of rotatable bonds is 6. The van der Waals surface area contributed by atoms with Crippen LogP contribution in [0.15, 0.2) is 53.6 Å². The maximum atomic E-state index is 12.4. The number of nitrogens with two attached hydrogens (primary N) is 1. The highest BCUT2D eigenvalue weighted by Gasteiger charge is 2.17. The number of carbonyl (C=O) groups excluding carboxylic acids is 1. The first-order chi connectivity index (χ1) is 13.6. The smallest absolute Gasteiger partial charge is 0.238 e. The molecule has 0 aliphatic rings. The first-order valence-corrected chi connectivity index (χ1v) is 10.8.